The normalized spacial score (nSPS) is 11.7. The SMILES string of the molecule is CC(C)OS(=O)(=O)c1cc([N+]#N)c([O-])c2ccccc12. The van der Waals surface area contributed by atoms with Crippen LogP contribution in [0.4, 0.5) is 5.69 Å². The number of benzene rings is 2. The van der Waals surface area contributed by atoms with Gasteiger partial charge in [-0.3, -0.25) is 4.18 Å². The summed E-state index contributed by atoms with van der Waals surface area (Å²) in [5, 5.41) is 21.2. The summed E-state index contributed by atoms with van der Waals surface area (Å²) < 4.78 is 29.3. The van der Waals surface area contributed by atoms with Gasteiger partial charge in [0.1, 0.15) is 4.90 Å². The third-order valence-corrected chi connectivity index (χ3v) is 4.15. The van der Waals surface area contributed by atoms with E-state index in [1.165, 1.54) is 12.1 Å². The van der Waals surface area contributed by atoms with Gasteiger partial charge < -0.3 is 5.11 Å². The van der Waals surface area contributed by atoms with E-state index in [2.05, 4.69) is 4.98 Å². The average Bonchev–Trinajstić information content (AvgIpc) is 2.37. The summed E-state index contributed by atoms with van der Waals surface area (Å²) >= 11 is 0. The van der Waals surface area contributed by atoms with E-state index >= 15 is 0 Å². The maximum absolute atomic E-state index is 12.2. The van der Waals surface area contributed by atoms with Crippen LogP contribution < -0.4 is 5.11 Å². The molecule has 0 radical (unpaired) electrons. The highest BCUT2D eigenvalue weighted by atomic mass is 32.2. The molecule has 0 unspecified atom stereocenters. The van der Waals surface area contributed by atoms with Crippen LogP contribution in [-0.2, 0) is 14.3 Å². The van der Waals surface area contributed by atoms with Crippen LogP contribution in [0.25, 0.3) is 15.7 Å². The third kappa shape index (κ3) is 2.43. The molecule has 0 amide bonds. The maximum atomic E-state index is 12.2. The number of hydrogen-bond acceptors (Lipinski definition) is 5. The predicted molar refractivity (Wildman–Crippen MR) is 71.5 cm³/mol. The molecule has 0 N–H and O–H groups in total. The van der Waals surface area contributed by atoms with Crippen molar-refractivity contribution in [1.29, 1.82) is 5.39 Å². The van der Waals surface area contributed by atoms with Gasteiger partial charge >= 0.3 is 5.69 Å². The molecular weight excluding hydrogens is 280 g/mol. The van der Waals surface area contributed by atoms with Crippen LogP contribution in [0.1, 0.15) is 13.8 Å². The summed E-state index contributed by atoms with van der Waals surface area (Å²) in [5.74, 6) is -0.536. The molecule has 0 saturated heterocycles. The molecule has 0 aromatic heterocycles. The minimum Gasteiger partial charge on any atom is -0.867 e. The highest BCUT2D eigenvalue weighted by Crippen LogP contribution is 2.37. The number of nitrogens with zero attached hydrogens (tertiary/aromatic N) is 2. The van der Waals surface area contributed by atoms with Crippen molar-refractivity contribution in [3.63, 3.8) is 0 Å². The van der Waals surface area contributed by atoms with Crippen LogP contribution >= 0.6 is 0 Å². The fraction of sp³-hybridized carbons (Fsp3) is 0.231. The minimum absolute atomic E-state index is 0.161. The molecule has 0 heterocycles. The Morgan fingerprint density at radius 3 is 2.40 bits per heavy atom. The lowest BCUT2D eigenvalue weighted by Gasteiger charge is -2.13. The lowest BCUT2D eigenvalue weighted by atomic mass is 10.1. The van der Waals surface area contributed by atoms with E-state index in [1.54, 1.807) is 26.0 Å². The fourth-order valence-corrected chi connectivity index (χ4v) is 3.20. The van der Waals surface area contributed by atoms with E-state index in [0.29, 0.717) is 0 Å². The Morgan fingerprint density at radius 1 is 1.25 bits per heavy atom. The van der Waals surface area contributed by atoms with Gasteiger partial charge in [-0.25, -0.2) is 0 Å². The Kier molecular flexibility index (Phi) is 3.61. The van der Waals surface area contributed by atoms with Gasteiger partial charge in [0.05, 0.1) is 12.2 Å². The predicted octanol–water partition coefficient (Wildman–Crippen LogP) is 2.51. The molecule has 2 aromatic carbocycles. The zero-order valence-electron chi connectivity index (χ0n) is 10.9. The second kappa shape index (κ2) is 5.07. The van der Waals surface area contributed by atoms with Gasteiger partial charge in [-0.2, -0.15) is 8.42 Å². The summed E-state index contributed by atoms with van der Waals surface area (Å²) in [5.41, 5.74) is -0.338. The van der Waals surface area contributed by atoms with Gasteiger partial charge in [-0.1, -0.05) is 24.3 Å². The largest absolute Gasteiger partial charge is 0.867 e. The van der Waals surface area contributed by atoms with Crippen LogP contribution in [0, 0.1) is 5.39 Å². The molecule has 2 aromatic rings. The summed E-state index contributed by atoms with van der Waals surface area (Å²) in [4.78, 5) is 2.66. The van der Waals surface area contributed by atoms with Crippen molar-refractivity contribution in [2.24, 2.45) is 0 Å². The van der Waals surface area contributed by atoms with E-state index in [-0.39, 0.29) is 21.4 Å². The summed E-state index contributed by atoms with van der Waals surface area (Å²) in [7, 11) is -4.05. The van der Waals surface area contributed by atoms with Gasteiger partial charge in [0, 0.05) is 5.39 Å². The quantitative estimate of drug-likeness (QED) is 0.640. The lowest BCUT2D eigenvalue weighted by molar-refractivity contribution is -0.264. The Labute approximate surface area is 116 Å². The summed E-state index contributed by atoms with van der Waals surface area (Å²) in [6.07, 6.45) is -0.541. The first-order valence-corrected chi connectivity index (χ1v) is 7.29. The lowest BCUT2D eigenvalue weighted by Crippen LogP contribution is -2.13. The monoisotopic (exact) mass is 292 g/mol. The molecule has 0 aliphatic heterocycles. The first-order valence-electron chi connectivity index (χ1n) is 5.88. The van der Waals surface area contributed by atoms with Gasteiger partial charge in [-0.05, 0) is 25.0 Å². The number of hydrogen-bond donors (Lipinski definition) is 0. The Bertz CT molecular complexity index is 807. The van der Waals surface area contributed by atoms with Gasteiger partial charge in [0.15, 0.2) is 4.98 Å². The molecule has 104 valence electrons. The Balaban J connectivity index is 2.84. The second-order valence-electron chi connectivity index (χ2n) is 4.47. The van der Waals surface area contributed by atoms with Crippen LogP contribution in [0.3, 0.4) is 0 Å². The molecule has 0 aliphatic rings. The van der Waals surface area contributed by atoms with E-state index in [4.69, 9.17) is 9.58 Å². The maximum Gasteiger partial charge on any atom is 0.379 e. The highest BCUT2D eigenvalue weighted by molar-refractivity contribution is 7.87. The Hall–Kier alpha value is -2.17. The van der Waals surface area contributed by atoms with Gasteiger partial charge in [0.2, 0.25) is 5.39 Å². The number of rotatable bonds is 3. The van der Waals surface area contributed by atoms with Crippen molar-refractivity contribution in [3.8, 4) is 5.75 Å². The van der Waals surface area contributed by atoms with Crippen molar-refractivity contribution in [1.82, 2.24) is 0 Å². The van der Waals surface area contributed by atoms with Crippen molar-refractivity contribution in [3.05, 3.63) is 35.3 Å². The molecule has 0 saturated carbocycles. The van der Waals surface area contributed by atoms with Crippen LogP contribution in [0.15, 0.2) is 35.2 Å². The molecular formula is C13H12N2O4S. The fourth-order valence-electron chi connectivity index (χ4n) is 1.89. The molecule has 6 nitrogen and oxygen atoms in total. The van der Waals surface area contributed by atoms with Crippen molar-refractivity contribution in [2.45, 2.75) is 24.8 Å². The Morgan fingerprint density at radius 2 is 1.85 bits per heavy atom. The first-order chi connectivity index (χ1) is 9.36. The molecule has 0 aliphatic carbocycles. The van der Waals surface area contributed by atoms with E-state index < -0.39 is 22.0 Å². The first kappa shape index (κ1) is 14.2. The number of fused-ring (bicyclic) bond motifs is 1. The van der Waals surface area contributed by atoms with Crippen LogP contribution in [0.5, 0.6) is 5.75 Å². The molecule has 0 bridgehead atoms. The van der Waals surface area contributed by atoms with Gasteiger partial charge in [-0.15, -0.1) is 0 Å². The molecule has 7 heteroatoms. The molecule has 2 rings (SSSR count). The van der Waals surface area contributed by atoms with Crippen molar-refractivity contribution in [2.75, 3.05) is 0 Å². The molecule has 0 fully saturated rings. The summed E-state index contributed by atoms with van der Waals surface area (Å²) in [6, 6.07) is 7.22. The minimum atomic E-state index is -4.05. The second-order valence-corrected chi connectivity index (χ2v) is 6.01. The van der Waals surface area contributed by atoms with Gasteiger partial charge in [0.25, 0.3) is 10.1 Å². The molecule has 0 spiro atoms. The van der Waals surface area contributed by atoms with Crippen LogP contribution in [-0.4, -0.2) is 14.5 Å². The topological polar surface area (TPSA) is 94.6 Å². The van der Waals surface area contributed by atoms with Crippen molar-refractivity contribution >= 4 is 26.6 Å². The van der Waals surface area contributed by atoms with E-state index in [1.807, 2.05) is 0 Å². The molecule has 0 atom stereocenters. The highest BCUT2D eigenvalue weighted by Gasteiger charge is 2.25. The average molecular weight is 292 g/mol. The smallest absolute Gasteiger partial charge is 0.379 e. The standard InChI is InChI=1S/C13H12N2O4S/c1-8(2)19-20(17,18)12-7-11(15-14)13(16)10-6-4-3-5-9(10)12/h3-8H,1-2H3. The third-order valence-electron chi connectivity index (χ3n) is 2.63. The van der Waals surface area contributed by atoms with E-state index in [0.717, 1.165) is 6.07 Å². The number of diazo groups is 1. The zero-order valence-corrected chi connectivity index (χ0v) is 11.7. The van der Waals surface area contributed by atoms with Crippen molar-refractivity contribution < 1.29 is 17.7 Å². The zero-order chi connectivity index (χ0) is 14.9. The van der Waals surface area contributed by atoms with E-state index in [9.17, 15) is 13.5 Å². The molecule has 20 heavy (non-hydrogen) atoms. The summed E-state index contributed by atoms with van der Waals surface area (Å²) in [6.45, 7) is 3.16. The van der Waals surface area contributed by atoms with Crippen LogP contribution in [0.2, 0.25) is 0 Å².